The maximum atomic E-state index is 13.4. The van der Waals surface area contributed by atoms with Crippen LogP contribution in [0.3, 0.4) is 0 Å². The van der Waals surface area contributed by atoms with Crippen molar-refractivity contribution in [3.05, 3.63) is 83.9 Å². The highest BCUT2D eigenvalue weighted by Gasteiger charge is 2.14. The van der Waals surface area contributed by atoms with Crippen LogP contribution in [0.5, 0.6) is 10.9 Å². The molecule has 0 radical (unpaired) electrons. The molecule has 3 aromatic carbocycles. The molecule has 30 heavy (non-hydrogen) atoms. The topological polar surface area (TPSA) is 60.5 Å². The Morgan fingerprint density at radius 2 is 1.77 bits per heavy atom. The lowest BCUT2D eigenvalue weighted by molar-refractivity contribution is 0.215. The van der Waals surface area contributed by atoms with Crippen molar-refractivity contribution in [2.45, 2.75) is 13.0 Å². The number of amides is 1. The van der Waals surface area contributed by atoms with Crippen LogP contribution in [0.15, 0.2) is 66.7 Å². The minimum absolute atomic E-state index is 0.191. The first-order valence-corrected chi connectivity index (χ1v) is 9.85. The number of carbonyl (C=O) groups excluding carboxylic acids is 1. The summed E-state index contributed by atoms with van der Waals surface area (Å²) in [6, 6.07) is 17.4. The van der Waals surface area contributed by atoms with Gasteiger partial charge in [-0.3, -0.25) is 5.32 Å². The summed E-state index contributed by atoms with van der Waals surface area (Å²) in [7, 11) is 0. The number of para-hydroxylation sites is 1. The van der Waals surface area contributed by atoms with E-state index < -0.39 is 23.8 Å². The molecule has 0 saturated heterocycles. The summed E-state index contributed by atoms with van der Waals surface area (Å²) in [6.45, 7) is 1.70. The normalized spacial score (nSPS) is 11.8. The third kappa shape index (κ3) is 4.72. The molecular weight excluding hydrogens is 410 g/mol. The predicted octanol–water partition coefficient (Wildman–Crippen LogP) is 6.33. The summed E-state index contributed by atoms with van der Waals surface area (Å²) in [5, 5.41) is 2.81. The highest BCUT2D eigenvalue weighted by molar-refractivity contribution is 7.20. The number of hydrogen-bond donors (Lipinski definition) is 1. The van der Waals surface area contributed by atoms with Crippen LogP contribution in [0, 0.1) is 11.6 Å². The monoisotopic (exact) mass is 426 g/mol. The molecule has 0 aliphatic rings. The number of ether oxygens (including phenoxy) is 2. The molecule has 0 spiro atoms. The van der Waals surface area contributed by atoms with Gasteiger partial charge in [-0.2, -0.15) is 0 Å². The first-order chi connectivity index (χ1) is 14.5. The van der Waals surface area contributed by atoms with Crippen LogP contribution >= 0.6 is 11.3 Å². The number of aromatic nitrogens is 1. The van der Waals surface area contributed by atoms with Crippen molar-refractivity contribution in [1.29, 1.82) is 0 Å². The van der Waals surface area contributed by atoms with Crippen molar-refractivity contribution >= 4 is 33.3 Å². The van der Waals surface area contributed by atoms with E-state index in [4.69, 9.17) is 9.47 Å². The fraction of sp³-hybridized carbons (Fsp3) is 0.0909. The van der Waals surface area contributed by atoms with Gasteiger partial charge in [0.2, 0.25) is 0 Å². The summed E-state index contributed by atoms with van der Waals surface area (Å²) in [5.41, 5.74) is 1.64. The lowest BCUT2D eigenvalue weighted by atomic mass is 10.1. The number of nitrogens with zero attached hydrogens (tertiary/aromatic N) is 1. The molecule has 1 amide bonds. The molecule has 1 N–H and O–H groups in total. The Morgan fingerprint density at radius 3 is 2.50 bits per heavy atom. The van der Waals surface area contributed by atoms with E-state index in [1.54, 1.807) is 49.4 Å². The van der Waals surface area contributed by atoms with Gasteiger partial charge in [0.15, 0.2) is 0 Å². The molecule has 0 saturated carbocycles. The van der Waals surface area contributed by atoms with E-state index in [1.165, 1.54) is 23.5 Å². The molecule has 1 atom stereocenters. The highest BCUT2D eigenvalue weighted by atomic mass is 32.1. The number of carbonyl (C=O) groups is 1. The fourth-order valence-electron chi connectivity index (χ4n) is 2.83. The van der Waals surface area contributed by atoms with Crippen LogP contribution in [0.25, 0.3) is 10.2 Å². The molecule has 1 aromatic heterocycles. The second kappa shape index (κ2) is 8.46. The summed E-state index contributed by atoms with van der Waals surface area (Å²) in [4.78, 5) is 16.3. The summed E-state index contributed by atoms with van der Waals surface area (Å²) >= 11 is 1.18. The molecule has 0 bridgehead atoms. The van der Waals surface area contributed by atoms with E-state index in [0.717, 1.165) is 10.8 Å². The van der Waals surface area contributed by atoms with Gasteiger partial charge in [0.05, 0.1) is 10.2 Å². The number of fused-ring (bicyclic) bond motifs is 1. The van der Waals surface area contributed by atoms with Gasteiger partial charge in [-0.1, -0.05) is 29.5 Å². The zero-order valence-electron chi connectivity index (χ0n) is 15.8. The van der Waals surface area contributed by atoms with Crippen LogP contribution in [-0.4, -0.2) is 11.1 Å². The first-order valence-electron chi connectivity index (χ1n) is 9.03. The van der Waals surface area contributed by atoms with Gasteiger partial charge in [0, 0.05) is 11.8 Å². The van der Waals surface area contributed by atoms with Crippen molar-refractivity contribution < 1.29 is 23.0 Å². The Kier molecular flexibility index (Phi) is 5.58. The number of rotatable bonds is 5. The fourth-order valence-corrected chi connectivity index (χ4v) is 3.67. The quantitative estimate of drug-likeness (QED) is 0.405. The van der Waals surface area contributed by atoms with Crippen molar-refractivity contribution in [3.63, 3.8) is 0 Å². The van der Waals surface area contributed by atoms with Crippen LogP contribution in [0.2, 0.25) is 0 Å². The van der Waals surface area contributed by atoms with Crippen molar-refractivity contribution in [2.75, 3.05) is 5.32 Å². The molecular formula is C22H16F2N2O3S. The molecule has 1 unspecified atom stereocenters. The number of nitrogens with one attached hydrogen (secondary N) is 1. The Labute approximate surface area is 174 Å². The third-order valence-corrected chi connectivity index (χ3v) is 5.10. The van der Waals surface area contributed by atoms with E-state index in [-0.39, 0.29) is 5.19 Å². The number of thiazole rings is 1. The van der Waals surface area contributed by atoms with Crippen molar-refractivity contribution in [2.24, 2.45) is 0 Å². The van der Waals surface area contributed by atoms with E-state index in [2.05, 4.69) is 10.3 Å². The van der Waals surface area contributed by atoms with Gasteiger partial charge < -0.3 is 9.47 Å². The smallest absolute Gasteiger partial charge is 0.419 e. The minimum atomic E-state index is -0.658. The molecule has 8 heteroatoms. The lowest BCUT2D eigenvalue weighted by Gasteiger charge is -2.15. The van der Waals surface area contributed by atoms with Gasteiger partial charge in [-0.15, -0.1) is 0 Å². The minimum Gasteiger partial charge on any atom is -0.486 e. The van der Waals surface area contributed by atoms with Crippen molar-refractivity contribution in [1.82, 2.24) is 4.98 Å². The van der Waals surface area contributed by atoms with E-state index >= 15 is 0 Å². The predicted molar refractivity (Wildman–Crippen MR) is 111 cm³/mol. The lowest BCUT2D eigenvalue weighted by Crippen LogP contribution is -2.16. The van der Waals surface area contributed by atoms with Crippen LogP contribution in [-0.2, 0) is 0 Å². The van der Waals surface area contributed by atoms with Gasteiger partial charge in [0.25, 0.3) is 5.19 Å². The molecule has 0 fully saturated rings. The molecule has 0 aliphatic heterocycles. The largest absolute Gasteiger partial charge is 0.486 e. The second-order valence-electron chi connectivity index (χ2n) is 6.45. The van der Waals surface area contributed by atoms with E-state index in [0.29, 0.717) is 22.5 Å². The average molecular weight is 426 g/mol. The zero-order chi connectivity index (χ0) is 21.1. The molecule has 0 aliphatic carbocycles. The van der Waals surface area contributed by atoms with Crippen molar-refractivity contribution in [3.8, 4) is 10.9 Å². The van der Waals surface area contributed by atoms with E-state index in [9.17, 15) is 13.6 Å². The maximum Gasteiger partial charge on any atom is 0.419 e. The number of benzene rings is 3. The number of anilines is 1. The Morgan fingerprint density at radius 1 is 1.03 bits per heavy atom. The molecule has 1 heterocycles. The number of hydrogen-bond acceptors (Lipinski definition) is 5. The molecule has 5 nitrogen and oxygen atoms in total. The summed E-state index contributed by atoms with van der Waals surface area (Å²) in [5.74, 6) is -0.813. The van der Waals surface area contributed by atoms with Gasteiger partial charge in [0.1, 0.15) is 23.5 Å². The zero-order valence-corrected chi connectivity index (χ0v) is 16.6. The third-order valence-electron chi connectivity index (χ3n) is 4.21. The standard InChI is InChI=1S/C22H16F2N2O3S/c1-13(14-9-15(23)11-16(24)10-14)28-18-7-8-19-20(12-18)30-22(26-19)29-21(27)25-17-5-3-2-4-6-17/h2-13H,1H3,(H,25,27). The Hall–Kier alpha value is -3.52. The Balaban J connectivity index is 1.46. The van der Waals surface area contributed by atoms with Gasteiger partial charge >= 0.3 is 6.09 Å². The van der Waals surface area contributed by atoms with E-state index in [1.807, 2.05) is 6.07 Å². The summed E-state index contributed by atoms with van der Waals surface area (Å²) in [6.07, 6.45) is -1.20. The maximum absolute atomic E-state index is 13.4. The first kappa shape index (κ1) is 19.8. The summed E-state index contributed by atoms with van der Waals surface area (Å²) < 4.78 is 38.7. The van der Waals surface area contributed by atoms with Crippen LogP contribution in [0.1, 0.15) is 18.6 Å². The van der Waals surface area contributed by atoms with Gasteiger partial charge in [-0.25, -0.2) is 18.6 Å². The van der Waals surface area contributed by atoms with Crippen LogP contribution < -0.4 is 14.8 Å². The average Bonchev–Trinajstić information content (AvgIpc) is 3.09. The molecule has 4 rings (SSSR count). The second-order valence-corrected chi connectivity index (χ2v) is 7.45. The molecule has 4 aromatic rings. The number of halogens is 2. The van der Waals surface area contributed by atoms with Crippen LogP contribution in [0.4, 0.5) is 19.3 Å². The highest BCUT2D eigenvalue weighted by Crippen LogP contribution is 2.32. The molecule has 152 valence electrons. The Bertz CT molecular complexity index is 1180. The SMILES string of the molecule is CC(Oc1ccc2nc(OC(=O)Nc3ccccc3)sc2c1)c1cc(F)cc(F)c1. The van der Waals surface area contributed by atoms with Gasteiger partial charge in [-0.05, 0) is 55.0 Å².